The Morgan fingerprint density at radius 2 is 1.86 bits per heavy atom. The predicted octanol–water partition coefficient (Wildman–Crippen LogP) is 2.72. The van der Waals surface area contributed by atoms with Gasteiger partial charge in [0.1, 0.15) is 0 Å². The highest BCUT2D eigenvalue weighted by atomic mass is 16.2. The minimum atomic E-state index is -0.0284. The van der Waals surface area contributed by atoms with E-state index < -0.39 is 0 Å². The van der Waals surface area contributed by atoms with Crippen molar-refractivity contribution in [2.45, 2.75) is 13.8 Å². The fourth-order valence-corrected chi connectivity index (χ4v) is 3.83. The van der Waals surface area contributed by atoms with Gasteiger partial charge in [0.25, 0.3) is 5.91 Å². The van der Waals surface area contributed by atoms with Gasteiger partial charge in [0.2, 0.25) is 0 Å². The van der Waals surface area contributed by atoms with Gasteiger partial charge in [0.05, 0.1) is 28.7 Å². The fourth-order valence-electron chi connectivity index (χ4n) is 3.83. The number of hydrogen-bond acceptors (Lipinski definition) is 5. The lowest BCUT2D eigenvalue weighted by atomic mass is 10.1. The van der Waals surface area contributed by atoms with Crippen molar-refractivity contribution in [3.05, 3.63) is 71.2 Å². The van der Waals surface area contributed by atoms with Gasteiger partial charge in [-0.05, 0) is 44.2 Å². The lowest BCUT2D eigenvalue weighted by Crippen LogP contribution is -2.49. The molecular formula is C22H22N6O. The van der Waals surface area contributed by atoms with Gasteiger partial charge in [-0.15, -0.1) is 0 Å². The summed E-state index contributed by atoms with van der Waals surface area (Å²) >= 11 is 0. The third-order valence-corrected chi connectivity index (χ3v) is 5.24. The first-order chi connectivity index (χ1) is 14.1. The molecule has 1 saturated heterocycles. The summed E-state index contributed by atoms with van der Waals surface area (Å²) in [6, 6.07) is 14.7. The van der Waals surface area contributed by atoms with E-state index in [4.69, 9.17) is 5.26 Å². The lowest BCUT2D eigenvalue weighted by Gasteiger charge is -2.36. The summed E-state index contributed by atoms with van der Waals surface area (Å²) in [5.74, 6) is 0.768. The van der Waals surface area contributed by atoms with Crippen LogP contribution in [0.5, 0.6) is 0 Å². The van der Waals surface area contributed by atoms with E-state index in [9.17, 15) is 4.79 Å². The molecule has 0 aliphatic carbocycles. The second-order valence-electron chi connectivity index (χ2n) is 7.09. The maximum absolute atomic E-state index is 12.8. The number of carbonyl (C=O) groups is 1. The molecule has 0 spiro atoms. The zero-order valence-corrected chi connectivity index (χ0v) is 16.5. The Morgan fingerprint density at radius 3 is 2.55 bits per heavy atom. The highest BCUT2D eigenvalue weighted by Gasteiger charge is 2.26. The van der Waals surface area contributed by atoms with Crippen molar-refractivity contribution in [2.75, 3.05) is 31.1 Å². The Kier molecular flexibility index (Phi) is 5.00. The SMILES string of the molecule is Cc1nn(-c2ccccn2)c(C)c1N1CCN(C(=O)c2cccc(C#N)c2)CC1. The van der Waals surface area contributed by atoms with Gasteiger partial charge < -0.3 is 9.80 Å². The van der Waals surface area contributed by atoms with Crippen molar-refractivity contribution in [1.82, 2.24) is 19.7 Å². The lowest BCUT2D eigenvalue weighted by molar-refractivity contribution is 0.0746. The van der Waals surface area contributed by atoms with Crippen LogP contribution in [0.1, 0.15) is 27.3 Å². The van der Waals surface area contributed by atoms with E-state index in [1.807, 2.05) is 34.7 Å². The molecule has 4 rings (SSSR count). The molecule has 1 aliphatic rings. The quantitative estimate of drug-likeness (QED) is 0.692. The van der Waals surface area contributed by atoms with Crippen LogP contribution in [0, 0.1) is 25.2 Å². The maximum Gasteiger partial charge on any atom is 0.254 e. The first-order valence-electron chi connectivity index (χ1n) is 9.60. The van der Waals surface area contributed by atoms with E-state index in [0.717, 1.165) is 36.0 Å². The first-order valence-corrected chi connectivity index (χ1v) is 9.60. The molecule has 7 nitrogen and oxygen atoms in total. The van der Waals surface area contributed by atoms with Crippen LogP contribution in [0.4, 0.5) is 5.69 Å². The number of pyridine rings is 1. The zero-order valence-electron chi connectivity index (χ0n) is 16.5. The average Bonchev–Trinajstić information content (AvgIpc) is 3.08. The molecule has 2 aromatic heterocycles. The Hall–Kier alpha value is -3.66. The normalized spacial score (nSPS) is 14.0. The summed E-state index contributed by atoms with van der Waals surface area (Å²) in [6.45, 7) is 6.78. The second-order valence-corrected chi connectivity index (χ2v) is 7.09. The standard InChI is InChI=1S/C22H22N6O/c1-16-21(17(2)28(25-16)20-8-3-4-9-24-20)26-10-12-27(13-11-26)22(29)19-7-5-6-18(14-19)15-23/h3-9,14H,10-13H2,1-2H3. The Morgan fingerprint density at radius 1 is 1.07 bits per heavy atom. The van der Waals surface area contributed by atoms with Gasteiger partial charge in [-0.25, -0.2) is 9.67 Å². The van der Waals surface area contributed by atoms with Crippen LogP contribution < -0.4 is 4.90 Å². The molecule has 0 unspecified atom stereocenters. The summed E-state index contributed by atoms with van der Waals surface area (Å²) < 4.78 is 1.87. The van der Waals surface area contributed by atoms with Crippen LogP contribution in [0.2, 0.25) is 0 Å². The van der Waals surface area contributed by atoms with Gasteiger partial charge in [0.15, 0.2) is 5.82 Å². The van der Waals surface area contributed by atoms with Gasteiger partial charge in [0, 0.05) is 37.9 Å². The number of anilines is 1. The number of aryl methyl sites for hydroxylation is 1. The number of nitrogens with zero attached hydrogens (tertiary/aromatic N) is 6. The van der Waals surface area contributed by atoms with Gasteiger partial charge >= 0.3 is 0 Å². The smallest absolute Gasteiger partial charge is 0.254 e. The minimum Gasteiger partial charge on any atom is -0.365 e. The number of rotatable bonds is 3. The Labute approximate surface area is 169 Å². The predicted molar refractivity (Wildman–Crippen MR) is 110 cm³/mol. The van der Waals surface area contributed by atoms with E-state index in [1.54, 1.807) is 30.5 Å². The van der Waals surface area contributed by atoms with Gasteiger partial charge in [-0.2, -0.15) is 10.4 Å². The summed E-state index contributed by atoms with van der Waals surface area (Å²) in [4.78, 5) is 21.3. The molecule has 1 amide bonds. The second kappa shape index (κ2) is 7.76. The van der Waals surface area contributed by atoms with E-state index in [-0.39, 0.29) is 5.91 Å². The number of carbonyl (C=O) groups excluding carboxylic acids is 1. The van der Waals surface area contributed by atoms with Crippen molar-refractivity contribution < 1.29 is 4.79 Å². The van der Waals surface area contributed by atoms with Crippen molar-refractivity contribution in [2.24, 2.45) is 0 Å². The van der Waals surface area contributed by atoms with Crippen LogP contribution in [-0.4, -0.2) is 51.8 Å². The number of piperazine rings is 1. The monoisotopic (exact) mass is 386 g/mol. The molecule has 1 fully saturated rings. The Bertz CT molecular complexity index is 1070. The molecule has 0 atom stereocenters. The molecule has 0 N–H and O–H groups in total. The van der Waals surface area contributed by atoms with Crippen LogP contribution in [-0.2, 0) is 0 Å². The van der Waals surface area contributed by atoms with Crippen molar-refractivity contribution >= 4 is 11.6 Å². The number of amides is 1. The summed E-state index contributed by atoms with van der Waals surface area (Å²) in [5.41, 5.74) is 4.17. The number of nitriles is 1. The summed E-state index contributed by atoms with van der Waals surface area (Å²) in [7, 11) is 0. The van der Waals surface area contributed by atoms with Gasteiger partial charge in [-0.1, -0.05) is 12.1 Å². The molecule has 1 aliphatic heterocycles. The molecule has 3 heterocycles. The zero-order chi connectivity index (χ0) is 20.4. The van der Waals surface area contributed by atoms with E-state index in [2.05, 4.69) is 28.0 Å². The molecular weight excluding hydrogens is 364 g/mol. The largest absolute Gasteiger partial charge is 0.365 e. The molecule has 0 radical (unpaired) electrons. The molecule has 0 saturated carbocycles. The highest BCUT2D eigenvalue weighted by Crippen LogP contribution is 2.27. The number of aromatic nitrogens is 3. The van der Waals surface area contributed by atoms with Gasteiger partial charge in [-0.3, -0.25) is 4.79 Å². The maximum atomic E-state index is 12.8. The van der Waals surface area contributed by atoms with Crippen LogP contribution in [0.25, 0.3) is 5.82 Å². The Balaban J connectivity index is 1.50. The fraction of sp³-hybridized carbons (Fsp3) is 0.273. The minimum absolute atomic E-state index is 0.0284. The topological polar surface area (TPSA) is 78.1 Å². The van der Waals surface area contributed by atoms with Crippen molar-refractivity contribution in [3.63, 3.8) is 0 Å². The highest BCUT2D eigenvalue weighted by molar-refractivity contribution is 5.94. The first kappa shape index (κ1) is 18.7. The van der Waals surface area contributed by atoms with E-state index in [1.165, 1.54) is 0 Å². The van der Waals surface area contributed by atoms with Crippen molar-refractivity contribution in [3.8, 4) is 11.9 Å². The number of hydrogen-bond donors (Lipinski definition) is 0. The van der Waals surface area contributed by atoms with Crippen molar-refractivity contribution in [1.29, 1.82) is 5.26 Å². The molecule has 1 aromatic carbocycles. The molecule has 0 bridgehead atoms. The van der Waals surface area contributed by atoms with Crippen LogP contribution >= 0.6 is 0 Å². The summed E-state index contributed by atoms with van der Waals surface area (Å²) in [5, 5.41) is 13.7. The third kappa shape index (κ3) is 3.57. The molecule has 29 heavy (non-hydrogen) atoms. The van der Waals surface area contributed by atoms with Crippen LogP contribution in [0.15, 0.2) is 48.7 Å². The molecule has 3 aromatic rings. The van der Waals surface area contributed by atoms with Crippen LogP contribution in [0.3, 0.4) is 0 Å². The summed E-state index contributed by atoms with van der Waals surface area (Å²) in [6.07, 6.45) is 1.76. The van der Waals surface area contributed by atoms with E-state index >= 15 is 0 Å². The number of benzene rings is 1. The molecule has 146 valence electrons. The molecule has 7 heteroatoms. The third-order valence-electron chi connectivity index (χ3n) is 5.24. The average molecular weight is 386 g/mol. The van der Waals surface area contributed by atoms with E-state index in [0.29, 0.717) is 24.2 Å².